The number of aromatic nitrogens is 1. The molecule has 0 unspecified atom stereocenters. The molecule has 1 N–H and O–H groups in total. The van der Waals surface area contributed by atoms with Crippen molar-refractivity contribution in [1.29, 1.82) is 0 Å². The Morgan fingerprint density at radius 3 is 2.52 bits per heavy atom. The summed E-state index contributed by atoms with van der Waals surface area (Å²) in [7, 11) is 0. The molecule has 3 nitrogen and oxygen atoms in total. The lowest BCUT2D eigenvalue weighted by Crippen LogP contribution is -2.18. The van der Waals surface area contributed by atoms with Crippen molar-refractivity contribution in [3.8, 4) is 0 Å². The molecule has 21 heavy (non-hydrogen) atoms. The zero-order valence-corrected chi connectivity index (χ0v) is 12.6. The highest BCUT2D eigenvalue weighted by Crippen LogP contribution is 2.32. The smallest absolute Gasteiger partial charge is 0.147 e. The zero-order chi connectivity index (χ0) is 14.2. The monoisotopic (exact) mass is 299 g/mol. The molecule has 4 heteroatoms. The lowest BCUT2D eigenvalue weighted by Gasteiger charge is -2.18. The SMILES string of the molecule is Clc1cc(CNC2CC2)cnc1N1Cc2ccccc2C1. The first-order valence-corrected chi connectivity index (χ1v) is 7.87. The van der Waals surface area contributed by atoms with E-state index in [-0.39, 0.29) is 0 Å². The molecule has 0 spiro atoms. The topological polar surface area (TPSA) is 28.2 Å². The van der Waals surface area contributed by atoms with E-state index in [1.54, 1.807) is 0 Å². The predicted molar refractivity (Wildman–Crippen MR) is 85.4 cm³/mol. The van der Waals surface area contributed by atoms with Crippen molar-refractivity contribution in [2.45, 2.75) is 38.5 Å². The van der Waals surface area contributed by atoms with E-state index in [0.717, 1.165) is 36.0 Å². The fourth-order valence-corrected chi connectivity index (χ4v) is 3.14. The number of hydrogen-bond acceptors (Lipinski definition) is 3. The Balaban J connectivity index is 1.50. The number of benzene rings is 1. The van der Waals surface area contributed by atoms with E-state index in [0.29, 0.717) is 6.04 Å². The van der Waals surface area contributed by atoms with Gasteiger partial charge in [-0.05, 0) is 35.6 Å². The fourth-order valence-electron chi connectivity index (χ4n) is 2.83. The van der Waals surface area contributed by atoms with Gasteiger partial charge in [0.1, 0.15) is 5.82 Å². The third-order valence-electron chi connectivity index (χ3n) is 4.19. The normalized spacial score (nSPS) is 17.1. The van der Waals surface area contributed by atoms with Crippen LogP contribution in [0.2, 0.25) is 5.02 Å². The van der Waals surface area contributed by atoms with E-state index in [2.05, 4.69) is 39.5 Å². The molecule has 2 aliphatic rings. The van der Waals surface area contributed by atoms with Crippen LogP contribution in [0.15, 0.2) is 36.5 Å². The Kier molecular flexibility index (Phi) is 3.32. The van der Waals surface area contributed by atoms with Gasteiger partial charge in [0.25, 0.3) is 0 Å². The summed E-state index contributed by atoms with van der Waals surface area (Å²) >= 11 is 6.45. The average Bonchev–Trinajstić information content (AvgIpc) is 3.22. The van der Waals surface area contributed by atoms with Crippen molar-refractivity contribution in [2.24, 2.45) is 0 Å². The molecule has 0 radical (unpaired) electrons. The lowest BCUT2D eigenvalue weighted by molar-refractivity contribution is 0.685. The van der Waals surface area contributed by atoms with E-state index in [1.807, 2.05) is 12.3 Å². The summed E-state index contributed by atoms with van der Waals surface area (Å²) < 4.78 is 0. The predicted octanol–water partition coefficient (Wildman–Crippen LogP) is 3.51. The van der Waals surface area contributed by atoms with E-state index in [4.69, 9.17) is 11.6 Å². The van der Waals surface area contributed by atoms with Crippen molar-refractivity contribution in [1.82, 2.24) is 10.3 Å². The first-order chi connectivity index (χ1) is 10.3. The lowest BCUT2D eigenvalue weighted by atomic mass is 10.1. The minimum atomic E-state index is 0.705. The van der Waals surface area contributed by atoms with E-state index >= 15 is 0 Å². The molecule has 2 aromatic rings. The maximum absolute atomic E-state index is 6.45. The summed E-state index contributed by atoms with van der Waals surface area (Å²) in [5.74, 6) is 0.892. The summed E-state index contributed by atoms with van der Waals surface area (Å²) in [6.45, 7) is 2.64. The van der Waals surface area contributed by atoms with E-state index in [1.165, 1.54) is 24.0 Å². The Bertz CT molecular complexity index is 642. The second kappa shape index (κ2) is 5.32. The summed E-state index contributed by atoms with van der Waals surface area (Å²) in [6.07, 6.45) is 4.54. The van der Waals surface area contributed by atoms with Crippen molar-refractivity contribution in [3.05, 3.63) is 58.2 Å². The highest BCUT2D eigenvalue weighted by atomic mass is 35.5. The van der Waals surface area contributed by atoms with Gasteiger partial charge in [0.15, 0.2) is 0 Å². The number of anilines is 1. The van der Waals surface area contributed by atoms with Gasteiger partial charge in [0.2, 0.25) is 0 Å². The molecule has 1 saturated carbocycles. The van der Waals surface area contributed by atoms with Crippen LogP contribution in [0.4, 0.5) is 5.82 Å². The fraction of sp³-hybridized carbons (Fsp3) is 0.353. The third-order valence-corrected chi connectivity index (χ3v) is 4.47. The molecule has 1 aromatic heterocycles. The van der Waals surface area contributed by atoms with Crippen LogP contribution in [0.25, 0.3) is 0 Å². The number of nitrogens with one attached hydrogen (secondary N) is 1. The number of hydrogen-bond donors (Lipinski definition) is 1. The van der Waals surface area contributed by atoms with Crippen LogP contribution in [-0.4, -0.2) is 11.0 Å². The maximum atomic E-state index is 6.45. The highest BCUT2D eigenvalue weighted by Gasteiger charge is 2.22. The van der Waals surface area contributed by atoms with Crippen LogP contribution in [0.5, 0.6) is 0 Å². The zero-order valence-electron chi connectivity index (χ0n) is 11.8. The Morgan fingerprint density at radius 1 is 1.19 bits per heavy atom. The van der Waals surface area contributed by atoms with Crippen molar-refractivity contribution in [2.75, 3.05) is 4.90 Å². The third kappa shape index (κ3) is 2.76. The number of pyridine rings is 1. The van der Waals surface area contributed by atoms with Gasteiger partial charge in [-0.25, -0.2) is 4.98 Å². The Morgan fingerprint density at radius 2 is 1.90 bits per heavy atom. The van der Waals surface area contributed by atoms with Crippen molar-refractivity contribution >= 4 is 17.4 Å². The van der Waals surface area contributed by atoms with Crippen molar-refractivity contribution in [3.63, 3.8) is 0 Å². The summed E-state index contributed by atoms with van der Waals surface area (Å²) in [4.78, 5) is 6.84. The molecule has 4 rings (SSSR count). The van der Waals surface area contributed by atoms with Gasteiger partial charge in [-0.2, -0.15) is 0 Å². The minimum Gasteiger partial charge on any atom is -0.347 e. The van der Waals surface area contributed by atoms with E-state index < -0.39 is 0 Å². The molecule has 2 heterocycles. The largest absolute Gasteiger partial charge is 0.347 e. The Hall–Kier alpha value is -1.58. The second-order valence-corrected chi connectivity index (χ2v) is 6.34. The van der Waals surface area contributed by atoms with Crippen LogP contribution < -0.4 is 10.2 Å². The number of fused-ring (bicyclic) bond motifs is 1. The average molecular weight is 300 g/mol. The van der Waals surface area contributed by atoms with Gasteiger partial charge < -0.3 is 10.2 Å². The number of rotatable bonds is 4. The Labute approximate surface area is 129 Å². The van der Waals surface area contributed by atoms with E-state index in [9.17, 15) is 0 Å². The summed E-state index contributed by atoms with van der Waals surface area (Å²) in [5, 5.41) is 4.24. The second-order valence-electron chi connectivity index (χ2n) is 5.93. The van der Waals surface area contributed by atoms with Crippen LogP contribution in [0, 0.1) is 0 Å². The van der Waals surface area contributed by atoms with Crippen LogP contribution >= 0.6 is 11.6 Å². The number of nitrogens with zero attached hydrogens (tertiary/aromatic N) is 2. The molecule has 0 amide bonds. The van der Waals surface area contributed by atoms with Gasteiger partial charge in [-0.15, -0.1) is 0 Å². The quantitative estimate of drug-likeness (QED) is 0.936. The van der Waals surface area contributed by atoms with Crippen LogP contribution in [-0.2, 0) is 19.6 Å². The maximum Gasteiger partial charge on any atom is 0.147 e. The molecule has 1 aromatic carbocycles. The van der Waals surface area contributed by atoms with Crippen molar-refractivity contribution < 1.29 is 0 Å². The molecular weight excluding hydrogens is 282 g/mol. The molecule has 108 valence electrons. The van der Waals surface area contributed by atoms with Gasteiger partial charge >= 0.3 is 0 Å². The standard InChI is InChI=1S/C17H18ClN3/c18-16-7-12(8-19-15-5-6-15)9-20-17(16)21-10-13-3-1-2-4-14(13)11-21/h1-4,7,9,15,19H,5-6,8,10-11H2. The summed E-state index contributed by atoms with van der Waals surface area (Å²) in [6, 6.07) is 11.3. The van der Waals surface area contributed by atoms with Crippen LogP contribution in [0.1, 0.15) is 29.5 Å². The molecule has 1 fully saturated rings. The molecular formula is C17H18ClN3. The van der Waals surface area contributed by atoms with Gasteiger partial charge in [0, 0.05) is 31.9 Å². The highest BCUT2D eigenvalue weighted by molar-refractivity contribution is 6.33. The number of halogens is 1. The van der Waals surface area contributed by atoms with Gasteiger partial charge in [-0.3, -0.25) is 0 Å². The van der Waals surface area contributed by atoms with Crippen LogP contribution in [0.3, 0.4) is 0 Å². The first kappa shape index (κ1) is 13.1. The molecule has 0 bridgehead atoms. The first-order valence-electron chi connectivity index (χ1n) is 7.49. The van der Waals surface area contributed by atoms with Gasteiger partial charge in [0.05, 0.1) is 5.02 Å². The minimum absolute atomic E-state index is 0.705. The van der Waals surface area contributed by atoms with Gasteiger partial charge in [-0.1, -0.05) is 35.9 Å². The molecule has 0 saturated heterocycles. The molecule has 1 aliphatic carbocycles. The molecule has 1 aliphatic heterocycles. The summed E-state index contributed by atoms with van der Waals surface area (Å²) in [5.41, 5.74) is 3.90. The molecule has 0 atom stereocenters.